The van der Waals surface area contributed by atoms with Gasteiger partial charge in [-0.15, -0.1) is 0 Å². The maximum absolute atomic E-state index is 13.0. The smallest absolute Gasteiger partial charge is 0.462 e. The van der Waals surface area contributed by atoms with Crippen LogP contribution in [-0.4, -0.2) is 96.7 Å². The molecule has 3 N–H and O–H groups in total. The fraction of sp³-hybridized carbons (Fsp3) is 0.833. The van der Waals surface area contributed by atoms with Crippen molar-refractivity contribution in [2.75, 3.05) is 39.6 Å². The highest BCUT2D eigenvalue weighted by molar-refractivity contribution is 7.47. The minimum absolute atomic E-state index is 0.0781. The molecule has 0 aliphatic carbocycles. The van der Waals surface area contributed by atoms with Crippen LogP contribution in [0.15, 0.2) is 48.6 Å². The Morgan fingerprint density at radius 1 is 0.341 bits per heavy atom. The molecule has 5 atom stereocenters. The molecule has 17 nitrogen and oxygen atoms in total. The molecule has 91 heavy (non-hydrogen) atoms. The number of hydrogen-bond acceptors (Lipinski definition) is 15. The Labute approximate surface area is 553 Å². The molecule has 0 saturated heterocycles. The van der Waals surface area contributed by atoms with Gasteiger partial charge < -0.3 is 33.8 Å². The number of carbonyl (C=O) groups excluding carboxylic acids is 4. The summed E-state index contributed by atoms with van der Waals surface area (Å²) in [5.74, 6) is -1.45. The number of phosphoric ester groups is 2. The summed E-state index contributed by atoms with van der Waals surface area (Å²) in [5, 5.41) is 10.6. The van der Waals surface area contributed by atoms with Crippen molar-refractivity contribution < 1.29 is 80.2 Å². The molecular formula is C72H132O17P2. The van der Waals surface area contributed by atoms with E-state index in [9.17, 15) is 43.2 Å². The number of hydrogen-bond donors (Lipinski definition) is 3. The summed E-state index contributed by atoms with van der Waals surface area (Å²) in [6, 6.07) is 0. The number of allylic oxidation sites excluding steroid dienone is 8. The minimum atomic E-state index is -4.97. The van der Waals surface area contributed by atoms with Gasteiger partial charge in [0.05, 0.1) is 26.4 Å². The van der Waals surface area contributed by atoms with Crippen LogP contribution in [0.25, 0.3) is 0 Å². The lowest BCUT2D eigenvalue weighted by Crippen LogP contribution is -2.30. The number of phosphoric acid groups is 2. The summed E-state index contributed by atoms with van der Waals surface area (Å²) < 4.78 is 68.2. The van der Waals surface area contributed by atoms with Gasteiger partial charge in [0.15, 0.2) is 12.2 Å². The lowest BCUT2D eigenvalue weighted by atomic mass is 10.0. The van der Waals surface area contributed by atoms with Gasteiger partial charge in [0.2, 0.25) is 0 Å². The first kappa shape index (κ1) is 88.0. The van der Waals surface area contributed by atoms with Crippen molar-refractivity contribution in [3.8, 4) is 0 Å². The number of esters is 4. The van der Waals surface area contributed by atoms with E-state index in [-0.39, 0.29) is 25.7 Å². The van der Waals surface area contributed by atoms with E-state index in [0.29, 0.717) is 25.7 Å². The van der Waals surface area contributed by atoms with Gasteiger partial charge in [0, 0.05) is 25.7 Å². The second-order valence-electron chi connectivity index (χ2n) is 25.1. The molecule has 0 bridgehead atoms. The summed E-state index contributed by atoms with van der Waals surface area (Å²) in [5.41, 5.74) is 0. The van der Waals surface area contributed by atoms with Crippen LogP contribution in [0.2, 0.25) is 0 Å². The predicted molar refractivity (Wildman–Crippen MR) is 367 cm³/mol. The summed E-state index contributed by atoms with van der Waals surface area (Å²) in [6.07, 6.45) is 57.1. The maximum atomic E-state index is 13.0. The molecule has 532 valence electrons. The molecule has 0 aliphatic heterocycles. The average Bonchev–Trinajstić information content (AvgIpc) is 3.43. The van der Waals surface area contributed by atoms with E-state index in [2.05, 4.69) is 83.2 Å². The molecule has 0 aromatic heterocycles. The monoisotopic (exact) mass is 1330 g/mol. The number of aliphatic hydroxyl groups is 1. The summed E-state index contributed by atoms with van der Waals surface area (Å²) in [7, 11) is -9.92. The minimum Gasteiger partial charge on any atom is -0.462 e. The highest BCUT2D eigenvalue weighted by Gasteiger charge is 2.30. The molecule has 0 aliphatic rings. The largest absolute Gasteiger partial charge is 0.472 e. The standard InChI is InChI=1S/C72H132O17P2/c1-6-9-12-15-18-21-23-25-27-29-31-36-41-46-51-56-70(75)83-62-68(88-71(76)57-52-47-42-37-32-30-28-26-24-22-19-16-13-10-7-2)64-87-91(80,81)85-60-66(73)59-84-90(78,79)86-63-67(61-82-69(74)55-50-45-40-34-20-17-14-11-8-3)89-72(77)58-53-48-43-38-33-35-39-44-49-54-65(4)5/h21-28,65-68,73H,6-20,29-64H2,1-5H3,(H,78,79)(H,80,81)/b23-21-,24-22-,27-25-,28-26-/t66-,67+,68+/m0/s1. The molecule has 0 saturated carbocycles. The van der Waals surface area contributed by atoms with E-state index < -0.39 is 97.5 Å². The first-order chi connectivity index (χ1) is 44.0. The van der Waals surface area contributed by atoms with Crippen molar-refractivity contribution in [3.05, 3.63) is 48.6 Å². The Balaban J connectivity index is 5.31. The van der Waals surface area contributed by atoms with Crippen LogP contribution in [0.5, 0.6) is 0 Å². The Kier molecular flexibility index (Phi) is 62.3. The highest BCUT2D eigenvalue weighted by Crippen LogP contribution is 2.45. The maximum Gasteiger partial charge on any atom is 0.472 e. The van der Waals surface area contributed by atoms with Crippen molar-refractivity contribution in [2.24, 2.45) is 5.92 Å². The Morgan fingerprint density at radius 3 is 0.901 bits per heavy atom. The second kappa shape index (κ2) is 64.4. The molecule has 0 aromatic carbocycles. The number of unbranched alkanes of at least 4 members (excludes halogenated alkanes) is 34. The Morgan fingerprint density at radius 2 is 0.593 bits per heavy atom. The van der Waals surface area contributed by atoms with Crippen molar-refractivity contribution in [1.29, 1.82) is 0 Å². The van der Waals surface area contributed by atoms with E-state index in [4.69, 9.17) is 37.0 Å². The van der Waals surface area contributed by atoms with Crippen molar-refractivity contribution in [3.63, 3.8) is 0 Å². The predicted octanol–water partition coefficient (Wildman–Crippen LogP) is 20.0. The number of ether oxygens (including phenoxy) is 4. The van der Waals surface area contributed by atoms with Crippen LogP contribution in [0.1, 0.15) is 324 Å². The van der Waals surface area contributed by atoms with Gasteiger partial charge in [-0.25, -0.2) is 9.13 Å². The van der Waals surface area contributed by atoms with Gasteiger partial charge in [-0.1, -0.05) is 269 Å². The molecule has 0 rings (SSSR count). The molecule has 0 amide bonds. The quantitative estimate of drug-likeness (QED) is 0.0169. The van der Waals surface area contributed by atoms with Crippen LogP contribution < -0.4 is 0 Å². The molecule has 0 radical (unpaired) electrons. The average molecular weight is 1330 g/mol. The fourth-order valence-electron chi connectivity index (χ4n) is 9.92. The first-order valence-corrected chi connectivity index (χ1v) is 39.3. The Hall–Kier alpha value is -2.98. The van der Waals surface area contributed by atoms with Crippen LogP contribution >= 0.6 is 15.6 Å². The van der Waals surface area contributed by atoms with E-state index in [1.165, 1.54) is 116 Å². The fourth-order valence-corrected chi connectivity index (χ4v) is 11.5. The number of aliphatic hydroxyl groups excluding tert-OH is 1. The molecule has 0 heterocycles. The van der Waals surface area contributed by atoms with Crippen molar-refractivity contribution in [1.82, 2.24) is 0 Å². The highest BCUT2D eigenvalue weighted by atomic mass is 31.2. The van der Waals surface area contributed by atoms with E-state index in [1.54, 1.807) is 0 Å². The van der Waals surface area contributed by atoms with Gasteiger partial charge in [-0.2, -0.15) is 0 Å². The molecule has 0 spiro atoms. The molecule has 0 aromatic rings. The third kappa shape index (κ3) is 65.5. The number of carbonyl (C=O) groups is 4. The molecule has 19 heteroatoms. The van der Waals surface area contributed by atoms with Gasteiger partial charge in [-0.05, 0) is 83.0 Å². The Bertz CT molecular complexity index is 1940. The first-order valence-electron chi connectivity index (χ1n) is 36.3. The van der Waals surface area contributed by atoms with E-state index >= 15 is 0 Å². The van der Waals surface area contributed by atoms with Crippen LogP contribution in [0.3, 0.4) is 0 Å². The zero-order valence-electron chi connectivity index (χ0n) is 57.9. The van der Waals surface area contributed by atoms with Crippen LogP contribution in [0, 0.1) is 5.92 Å². The van der Waals surface area contributed by atoms with Gasteiger partial charge in [0.25, 0.3) is 0 Å². The lowest BCUT2D eigenvalue weighted by molar-refractivity contribution is -0.161. The van der Waals surface area contributed by atoms with Crippen LogP contribution in [0.4, 0.5) is 0 Å². The normalized spacial score (nSPS) is 14.4. The van der Waals surface area contributed by atoms with Crippen LogP contribution in [-0.2, 0) is 65.4 Å². The van der Waals surface area contributed by atoms with Gasteiger partial charge in [0.1, 0.15) is 19.3 Å². The van der Waals surface area contributed by atoms with Crippen molar-refractivity contribution in [2.45, 2.75) is 342 Å². The molecule has 0 fully saturated rings. The summed E-state index contributed by atoms with van der Waals surface area (Å²) in [6.45, 7) is 7.08. The second-order valence-corrected chi connectivity index (χ2v) is 28.0. The third-order valence-corrected chi connectivity index (χ3v) is 17.4. The SMILES string of the molecule is CCCCCC/C=C\C=C/CCCCCCCC(=O)OC[C@H](COP(=O)(O)OC[C@@H](O)COP(=O)(O)OC[C@@H](COC(=O)CCCCCCCCCCC)OC(=O)CCCCCCCCCCCC(C)C)OC(=O)CCCCCCC/C=C\C=C/CCCCCC. The zero-order valence-corrected chi connectivity index (χ0v) is 59.7. The topological polar surface area (TPSA) is 237 Å². The van der Waals surface area contributed by atoms with E-state index in [0.717, 1.165) is 128 Å². The molecular weight excluding hydrogens is 1200 g/mol. The summed E-state index contributed by atoms with van der Waals surface area (Å²) >= 11 is 0. The lowest BCUT2D eigenvalue weighted by Gasteiger charge is -2.21. The molecule has 2 unspecified atom stereocenters. The third-order valence-electron chi connectivity index (χ3n) is 15.5. The van der Waals surface area contributed by atoms with E-state index in [1.807, 2.05) is 0 Å². The van der Waals surface area contributed by atoms with Crippen molar-refractivity contribution >= 4 is 39.5 Å². The zero-order chi connectivity index (χ0) is 67.0. The van der Waals surface area contributed by atoms with Gasteiger partial charge >= 0.3 is 39.5 Å². The van der Waals surface area contributed by atoms with Gasteiger partial charge in [-0.3, -0.25) is 37.3 Å². The summed E-state index contributed by atoms with van der Waals surface area (Å²) in [4.78, 5) is 72.5. The number of rotatable bonds is 68.